The molecule has 0 N–H and O–H groups in total. The molecule has 0 aliphatic heterocycles. The van der Waals surface area contributed by atoms with Crippen LogP contribution in [0.5, 0.6) is 0 Å². The zero-order valence-electron chi connectivity index (χ0n) is 41.6. The third kappa shape index (κ3) is 51.6. The highest BCUT2D eigenvalue weighted by atomic mass is 16.6. The van der Waals surface area contributed by atoms with Gasteiger partial charge in [0.15, 0.2) is 6.10 Å². The average Bonchev–Trinajstić information content (AvgIpc) is 3.32. The molecule has 0 fully saturated rings. The van der Waals surface area contributed by atoms with Gasteiger partial charge in [0.2, 0.25) is 0 Å². The summed E-state index contributed by atoms with van der Waals surface area (Å²) in [5.41, 5.74) is 0. The van der Waals surface area contributed by atoms with Crippen LogP contribution in [0.4, 0.5) is 0 Å². The van der Waals surface area contributed by atoms with E-state index in [0.29, 0.717) is 13.0 Å². The van der Waals surface area contributed by atoms with Gasteiger partial charge >= 0.3 is 11.9 Å². The third-order valence-electron chi connectivity index (χ3n) is 9.46. The minimum absolute atomic E-state index is 0.0220. The summed E-state index contributed by atoms with van der Waals surface area (Å²) >= 11 is 0. The van der Waals surface area contributed by atoms with Crippen molar-refractivity contribution < 1.29 is 23.8 Å². The van der Waals surface area contributed by atoms with Gasteiger partial charge < -0.3 is 14.2 Å². The molecule has 0 spiro atoms. The molecule has 0 amide bonds. The highest BCUT2D eigenvalue weighted by Crippen LogP contribution is 2.07. The van der Waals surface area contributed by atoms with Crippen molar-refractivity contribution in [3.8, 4) is 0 Å². The highest BCUT2D eigenvalue weighted by Gasteiger charge is 2.17. The molecule has 0 saturated carbocycles. The van der Waals surface area contributed by atoms with E-state index in [-0.39, 0.29) is 38.0 Å². The van der Waals surface area contributed by atoms with Crippen LogP contribution in [0.2, 0.25) is 0 Å². The van der Waals surface area contributed by atoms with E-state index in [1.807, 2.05) is 18.2 Å². The Balaban J connectivity index is 4.62. The van der Waals surface area contributed by atoms with E-state index in [2.05, 4.69) is 185 Å². The summed E-state index contributed by atoms with van der Waals surface area (Å²) < 4.78 is 17.2. The molecule has 364 valence electrons. The van der Waals surface area contributed by atoms with Crippen molar-refractivity contribution in [3.63, 3.8) is 0 Å². The lowest BCUT2D eigenvalue weighted by molar-refractivity contribution is -0.162. The van der Waals surface area contributed by atoms with E-state index >= 15 is 0 Å². The van der Waals surface area contributed by atoms with Crippen molar-refractivity contribution in [1.29, 1.82) is 0 Å². The Bertz CT molecular complexity index is 1580. The van der Waals surface area contributed by atoms with Crippen molar-refractivity contribution in [2.75, 3.05) is 19.8 Å². The monoisotopic (exact) mass is 903 g/mol. The molecule has 1 unspecified atom stereocenters. The minimum Gasteiger partial charge on any atom is -0.462 e. The molecule has 1 atom stereocenters. The Labute approximate surface area is 404 Å². The number of hydrogen-bond acceptors (Lipinski definition) is 5. The van der Waals surface area contributed by atoms with Crippen molar-refractivity contribution in [2.24, 2.45) is 0 Å². The van der Waals surface area contributed by atoms with E-state index in [9.17, 15) is 9.59 Å². The molecule has 0 aromatic heterocycles. The second-order valence-corrected chi connectivity index (χ2v) is 15.6. The van der Waals surface area contributed by atoms with Crippen LogP contribution in [-0.2, 0) is 23.8 Å². The molecule has 5 heteroatoms. The Morgan fingerprint density at radius 1 is 0.348 bits per heavy atom. The van der Waals surface area contributed by atoms with E-state index in [4.69, 9.17) is 14.2 Å². The van der Waals surface area contributed by atoms with Crippen molar-refractivity contribution in [2.45, 2.75) is 168 Å². The standard InChI is InChI=1S/C61H90O5/c1-4-7-10-13-16-19-22-25-28-30-31-32-34-36-39-42-45-48-51-54-60(62)65-58-59(57-64-56-53-50-47-44-41-38-35-29-26-23-20-17-14-11-8-5-2)66-61(63)55-52-49-46-43-40-37-33-27-24-21-18-15-12-9-6-3/h7-12,16-21,25-29,31-33,36,38-41,43,45,48-49,52,59H,4-6,13-15,22-24,30,34-35,37,42,44,46-47,50-51,53-58H2,1-3H3/b10-7-,11-8-,12-9-,19-16-,20-17-,21-18-,28-25-,29-26-,32-31-,33-27-,39-36-,41-38-,43-40-,48-45-,52-49-. The SMILES string of the molecule is CC/C=C\C/C=C\C/C=C\C/C=C\C/C=C\C/C=C\CCC(=O)OCC(COCCCCC/C=C\C/C=C\C/C=C\C/C=C\CC)OC(=O)C/C=C\C/C=C\C/C=C\C/C=C\C/C=C\CC. The molecule has 0 radical (unpaired) electrons. The molecule has 0 heterocycles. The van der Waals surface area contributed by atoms with Crippen molar-refractivity contribution in [1.82, 2.24) is 0 Å². The van der Waals surface area contributed by atoms with Gasteiger partial charge in [0.25, 0.3) is 0 Å². The van der Waals surface area contributed by atoms with E-state index in [1.165, 1.54) is 0 Å². The molecule has 0 aliphatic carbocycles. The first-order valence-electron chi connectivity index (χ1n) is 25.3. The van der Waals surface area contributed by atoms with Crippen molar-refractivity contribution >= 4 is 11.9 Å². The number of hydrogen-bond donors (Lipinski definition) is 0. The predicted octanol–water partition coefficient (Wildman–Crippen LogP) is 17.4. The molecular weight excluding hydrogens is 813 g/mol. The molecule has 0 bridgehead atoms. The van der Waals surface area contributed by atoms with Crippen LogP contribution in [0.3, 0.4) is 0 Å². The second-order valence-electron chi connectivity index (χ2n) is 15.6. The fourth-order valence-electron chi connectivity index (χ4n) is 5.83. The zero-order chi connectivity index (χ0) is 47.7. The highest BCUT2D eigenvalue weighted by molar-refractivity contribution is 5.71. The molecule has 0 aromatic carbocycles. The second kappa shape index (κ2) is 54.3. The summed E-state index contributed by atoms with van der Waals surface area (Å²) in [5.74, 6) is -0.679. The van der Waals surface area contributed by atoms with Crippen LogP contribution in [0, 0.1) is 0 Å². The summed E-state index contributed by atoms with van der Waals surface area (Å²) in [6.07, 6.45) is 83.7. The fraction of sp³-hybridized carbons (Fsp3) is 0.475. The summed E-state index contributed by atoms with van der Waals surface area (Å²) in [6, 6.07) is 0. The van der Waals surface area contributed by atoms with Gasteiger partial charge in [0.1, 0.15) is 6.61 Å². The summed E-state index contributed by atoms with van der Waals surface area (Å²) in [4.78, 5) is 25.3. The maximum absolute atomic E-state index is 12.7. The van der Waals surface area contributed by atoms with Crippen LogP contribution in [0.1, 0.15) is 162 Å². The van der Waals surface area contributed by atoms with Crippen molar-refractivity contribution in [3.05, 3.63) is 182 Å². The van der Waals surface area contributed by atoms with Crippen LogP contribution >= 0.6 is 0 Å². The molecule has 0 aliphatic rings. The smallest absolute Gasteiger partial charge is 0.310 e. The minimum atomic E-state index is -0.653. The Morgan fingerprint density at radius 2 is 0.682 bits per heavy atom. The quantitative estimate of drug-likeness (QED) is 0.0347. The molecular formula is C61H90O5. The maximum Gasteiger partial charge on any atom is 0.310 e. The first-order valence-corrected chi connectivity index (χ1v) is 25.3. The van der Waals surface area contributed by atoms with Gasteiger partial charge in [-0.3, -0.25) is 9.59 Å². The lowest BCUT2D eigenvalue weighted by atomic mass is 10.2. The average molecular weight is 903 g/mol. The third-order valence-corrected chi connectivity index (χ3v) is 9.46. The number of rotatable bonds is 43. The van der Waals surface area contributed by atoms with E-state index in [1.54, 1.807) is 0 Å². The molecule has 0 saturated heterocycles. The lowest BCUT2D eigenvalue weighted by Gasteiger charge is -2.18. The van der Waals surface area contributed by atoms with Crippen LogP contribution in [0.25, 0.3) is 0 Å². The van der Waals surface area contributed by atoms with Gasteiger partial charge in [-0.25, -0.2) is 0 Å². The van der Waals surface area contributed by atoms with Crippen LogP contribution < -0.4 is 0 Å². The number of ether oxygens (including phenoxy) is 3. The largest absolute Gasteiger partial charge is 0.462 e. The topological polar surface area (TPSA) is 61.8 Å². The van der Waals surface area contributed by atoms with E-state index < -0.39 is 6.10 Å². The molecule has 66 heavy (non-hydrogen) atoms. The Morgan fingerprint density at radius 3 is 1.06 bits per heavy atom. The van der Waals surface area contributed by atoms with Crippen LogP contribution in [0.15, 0.2) is 182 Å². The number of carbonyl (C=O) groups is 2. The number of allylic oxidation sites excluding steroid dienone is 29. The van der Waals surface area contributed by atoms with E-state index in [0.717, 1.165) is 122 Å². The molecule has 0 rings (SSSR count). The number of esters is 2. The fourth-order valence-corrected chi connectivity index (χ4v) is 5.83. The first kappa shape index (κ1) is 61.0. The van der Waals surface area contributed by atoms with Gasteiger partial charge in [0.05, 0.1) is 13.0 Å². The summed E-state index contributed by atoms with van der Waals surface area (Å²) in [6.45, 7) is 7.18. The van der Waals surface area contributed by atoms with Gasteiger partial charge in [-0.15, -0.1) is 0 Å². The first-order chi connectivity index (χ1) is 32.6. The predicted molar refractivity (Wildman–Crippen MR) is 287 cm³/mol. The lowest BCUT2D eigenvalue weighted by Crippen LogP contribution is -2.29. The summed E-state index contributed by atoms with van der Waals surface area (Å²) in [7, 11) is 0. The van der Waals surface area contributed by atoms with Crippen LogP contribution in [-0.4, -0.2) is 37.9 Å². The van der Waals surface area contributed by atoms with Gasteiger partial charge in [-0.2, -0.15) is 0 Å². The Kier molecular flexibility index (Phi) is 50.2. The summed E-state index contributed by atoms with van der Waals surface area (Å²) in [5, 5.41) is 0. The zero-order valence-corrected chi connectivity index (χ0v) is 41.6. The van der Waals surface area contributed by atoms with Gasteiger partial charge in [0, 0.05) is 13.0 Å². The van der Waals surface area contributed by atoms with Gasteiger partial charge in [-0.05, 0) is 122 Å². The van der Waals surface area contributed by atoms with Gasteiger partial charge in [-0.1, -0.05) is 209 Å². The Hall–Kier alpha value is -5.00. The normalized spacial score (nSPS) is 13.8. The number of unbranched alkanes of at least 4 members (excludes halogenated alkanes) is 3. The molecule has 5 nitrogen and oxygen atoms in total. The maximum atomic E-state index is 12.7. The molecule has 0 aromatic rings. The number of carbonyl (C=O) groups excluding carboxylic acids is 2.